The van der Waals surface area contributed by atoms with E-state index in [0.717, 1.165) is 6.42 Å². The van der Waals surface area contributed by atoms with E-state index in [1.54, 1.807) is 25.3 Å². The Kier molecular flexibility index (Phi) is 8.25. The number of hydrogen-bond donors (Lipinski definition) is 1. The molecule has 20 heavy (non-hydrogen) atoms. The van der Waals surface area contributed by atoms with Gasteiger partial charge in [0.25, 0.3) is 0 Å². The van der Waals surface area contributed by atoms with Crippen LogP contribution in [0.5, 0.6) is 5.75 Å². The Morgan fingerprint density at radius 3 is 2.75 bits per heavy atom. The lowest BCUT2D eigenvalue weighted by Gasteiger charge is -2.09. The highest BCUT2D eigenvalue weighted by Gasteiger charge is 2.09. The van der Waals surface area contributed by atoms with Crippen LogP contribution in [0.4, 0.5) is 5.69 Å². The molecule has 6 heteroatoms. The lowest BCUT2D eigenvalue weighted by molar-refractivity contribution is 0.112. The summed E-state index contributed by atoms with van der Waals surface area (Å²) in [6.45, 7) is 4.19. The first kappa shape index (κ1) is 16.9. The van der Waals surface area contributed by atoms with Gasteiger partial charge in [-0.25, -0.2) is 0 Å². The highest BCUT2D eigenvalue weighted by Crippen LogP contribution is 2.23. The molecule has 1 aromatic carbocycles. The summed E-state index contributed by atoms with van der Waals surface area (Å²) < 4.78 is 27.9. The molecule has 0 spiro atoms. The molecule has 0 saturated heterocycles. The van der Waals surface area contributed by atoms with Crippen molar-refractivity contribution < 1.29 is 18.4 Å². The van der Waals surface area contributed by atoms with Crippen molar-refractivity contribution in [1.29, 1.82) is 0 Å². The van der Waals surface area contributed by atoms with Crippen molar-refractivity contribution in [1.82, 2.24) is 0 Å². The maximum atomic E-state index is 12.2. The third-order valence-electron chi connectivity index (χ3n) is 2.59. The van der Waals surface area contributed by atoms with Crippen molar-refractivity contribution >= 4 is 16.5 Å². The monoisotopic (exact) mass is 301 g/mol. The summed E-state index contributed by atoms with van der Waals surface area (Å²) >= 11 is 0. The normalized spacial score (nSPS) is 12.3. The fourth-order valence-corrected chi connectivity index (χ4v) is 2.69. The second kappa shape index (κ2) is 9.74. The summed E-state index contributed by atoms with van der Waals surface area (Å²) in [6, 6.07) is 5.23. The van der Waals surface area contributed by atoms with E-state index in [0.29, 0.717) is 48.5 Å². The third-order valence-corrected chi connectivity index (χ3v) is 3.97. The molecule has 1 unspecified atom stereocenters. The molecule has 1 rings (SSSR count). The molecule has 0 aliphatic carbocycles. The number of nitrogen functional groups attached to an aromatic ring is 1. The molecule has 0 bridgehead atoms. The van der Waals surface area contributed by atoms with Gasteiger partial charge in [0.1, 0.15) is 5.75 Å². The first-order valence-corrected chi connectivity index (χ1v) is 7.98. The largest absolute Gasteiger partial charge is 0.494 e. The predicted molar refractivity (Wildman–Crippen MR) is 80.6 cm³/mol. The van der Waals surface area contributed by atoms with Crippen LogP contribution in [0, 0.1) is 0 Å². The maximum Gasteiger partial charge on any atom is 0.120 e. The van der Waals surface area contributed by atoms with E-state index in [1.165, 1.54) is 0 Å². The number of hydrogen-bond acceptors (Lipinski definition) is 5. The number of methoxy groups -OCH3 is 1. The van der Waals surface area contributed by atoms with Crippen LogP contribution in [0.2, 0.25) is 0 Å². The zero-order valence-electron chi connectivity index (χ0n) is 12.1. The average Bonchev–Trinajstić information content (AvgIpc) is 2.45. The molecule has 0 amide bonds. The van der Waals surface area contributed by atoms with Crippen molar-refractivity contribution in [2.75, 3.05) is 45.0 Å². The predicted octanol–water partition coefficient (Wildman–Crippen LogP) is 1.83. The van der Waals surface area contributed by atoms with Gasteiger partial charge in [0.2, 0.25) is 0 Å². The van der Waals surface area contributed by atoms with Gasteiger partial charge in [-0.15, -0.1) is 0 Å². The van der Waals surface area contributed by atoms with Gasteiger partial charge in [-0.3, -0.25) is 4.21 Å². The Bertz CT molecular complexity index is 426. The van der Waals surface area contributed by atoms with Gasteiger partial charge >= 0.3 is 0 Å². The fourth-order valence-electron chi connectivity index (χ4n) is 1.62. The minimum atomic E-state index is -1.18. The zero-order chi connectivity index (χ0) is 14.8. The molecule has 0 fully saturated rings. The van der Waals surface area contributed by atoms with Gasteiger partial charge in [-0.2, -0.15) is 0 Å². The Labute approximate surface area is 122 Å². The number of benzene rings is 1. The van der Waals surface area contributed by atoms with Crippen LogP contribution < -0.4 is 10.5 Å². The van der Waals surface area contributed by atoms with E-state index in [9.17, 15) is 4.21 Å². The summed E-state index contributed by atoms with van der Waals surface area (Å²) in [5, 5.41) is 0. The lowest BCUT2D eigenvalue weighted by atomic mass is 10.3. The minimum Gasteiger partial charge on any atom is -0.494 e. The van der Waals surface area contributed by atoms with Gasteiger partial charge in [0.05, 0.1) is 34.7 Å². The van der Waals surface area contributed by atoms with E-state index < -0.39 is 10.8 Å². The first-order chi connectivity index (χ1) is 9.69. The lowest BCUT2D eigenvalue weighted by Crippen LogP contribution is -2.10. The molecule has 1 aromatic rings. The van der Waals surface area contributed by atoms with E-state index in [-0.39, 0.29) is 0 Å². The molecule has 0 aliphatic rings. The van der Waals surface area contributed by atoms with Crippen molar-refractivity contribution in [2.45, 2.75) is 18.2 Å². The van der Waals surface area contributed by atoms with Crippen LogP contribution >= 0.6 is 0 Å². The Morgan fingerprint density at radius 2 is 2.05 bits per heavy atom. The van der Waals surface area contributed by atoms with E-state index in [1.807, 2.05) is 6.92 Å². The number of nitrogens with two attached hydrogens (primary N) is 1. The van der Waals surface area contributed by atoms with Crippen LogP contribution in [-0.2, 0) is 20.3 Å². The Hall–Kier alpha value is -1.11. The van der Waals surface area contributed by atoms with Gasteiger partial charge in [-0.1, -0.05) is 0 Å². The van der Waals surface area contributed by atoms with Crippen molar-refractivity contribution in [3.8, 4) is 5.75 Å². The van der Waals surface area contributed by atoms with Crippen molar-refractivity contribution in [3.05, 3.63) is 18.2 Å². The standard InChI is InChI=1S/C14H23NO4S/c1-3-19-12-5-6-13(15)14(11-12)20(16)10-9-18-8-4-7-17-2/h5-6,11H,3-4,7-10,15H2,1-2H3. The second-order valence-electron chi connectivity index (χ2n) is 4.14. The second-order valence-corrected chi connectivity index (χ2v) is 5.68. The van der Waals surface area contributed by atoms with Crippen LogP contribution in [0.15, 0.2) is 23.1 Å². The first-order valence-electron chi connectivity index (χ1n) is 6.66. The molecular formula is C14H23NO4S. The van der Waals surface area contributed by atoms with Crippen LogP contribution in [0.1, 0.15) is 13.3 Å². The summed E-state index contributed by atoms with van der Waals surface area (Å²) in [5.41, 5.74) is 6.37. The van der Waals surface area contributed by atoms with E-state index in [4.69, 9.17) is 19.9 Å². The molecule has 1 atom stereocenters. The summed E-state index contributed by atoms with van der Waals surface area (Å²) in [6.07, 6.45) is 0.838. The van der Waals surface area contributed by atoms with Crippen LogP contribution in [-0.4, -0.2) is 43.5 Å². The highest BCUT2D eigenvalue weighted by molar-refractivity contribution is 7.85. The molecule has 0 heterocycles. The van der Waals surface area contributed by atoms with Gasteiger partial charge in [0.15, 0.2) is 0 Å². The summed E-state index contributed by atoms with van der Waals surface area (Å²) in [5.74, 6) is 1.11. The Morgan fingerprint density at radius 1 is 1.25 bits per heavy atom. The van der Waals surface area contributed by atoms with Crippen molar-refractivity contribution in [2.24, 2.45) is 0 Å². The highest BCUT2D eigenvalue weighted by atomic mass is 32.2. The smallest absolute Gasteiger partial charge is 0.120 e. The molecule has 0 aromatic heterocycles. The number of ether oxygens (including phenoxy) is 3. The summed E-state index contributed by atoms with van der Waals surface area (Å²) in [7, 11) is 0.479. The molecule has 114 valence electrons. The average molecular weight is 301 g/mol. The molecular weight excluding hydrogens is 278 g/mol. The SMILES string of the molecule is CCOc1ccc(N)c(S(=O)CCOCCCOC)c1. The molecule has 0 radical (unpaired) electrons. The number of rotatable bonds is 10. The maximum absolute atomic E-state index is 12.2. The van der Waals surface area contributed by atoms with Gasteiger partial charge < -0.3 is 19.9 Å². The number of anilines is 1. The molecule has 2 N–H and O–H groups in total. The van der Waals surface area contributed by atoms with Crippen LogP contribution in [0.25, 0.3) is 0 Å². The van der Waals surface area contributed by atoms with Crippen LogP contribution in [0.3, 0.4) is 0 Å². The van der Waals surface area contributed by atoms with E-state index in [2.05, 4.69) is 0 Å². The topological polar surface area (TPSA) is 70.8 Å². The van der Waals surface area contributed by atoms with E-state index >= 15 is 0 Å². The summed E-state index contributed by atoms with van der Waals surface area (Å²) in [4.78, 5) is 0.608. The van der Waals surface area contributed by atoms with Crippen molar-refractivity contribution in [3.63, 3.8) is 0 Å². The quantitative estimate of drug-likeness (QED) is 0.527. The molecule has 5 nitrogen and oxygen atoms in total. The minimum absolute atomic E-state index is 0.423. The molecule has 0 saturated carbocycles. The third kappa shape index (κ3) is 5.90. The fraction of sp³-hybridized carbons (Fsp3) is 0.571. The van der Waals surface area contributed by atoms with Gasteiger partial charge in [0, 0.05) is 26.0 Å². The molecule has 0 aliphatic heterocycles. The Balaban J connectivity index is 2.44. The zero-order valence-corrected chi connectivity index (χ0v) is 12.9. The van der Waals surface area contributed by atoms with Gasteiger partial charge in [-0.05, 0) is 31.5 Å².